The summed E-state index contributed by atoms with van der Waals surface area (Å²) in [5.41, 5.74) is 17.9. The standard InChI is InChI=1S/C15H22.C14H20.C13H17Cl/c1-5-11-9-12-7-6-8-13(12)14(10-11)15(2,3)4;1-10-8-11-6-5-7-12(11)13(9-10)14(2,3)4;1-13(2,3)12-8-10(14)7-9-5-4-6-11(9)12/h9-10H,5-8H2,1-4H3;8-9H,5-7H2,1-4H3;7-8H,4-6H2,1-3H3. The molecule has 0 unspecified atom stereocenters. The maximum absolute atomic E-state index is 6.13. The van der Waals surface area contributed by atoms with Gasteiger partial charge in [-0.25, -0.2) is 0 Å². The molecular formula is C42H59Cl. The van der Waals surface area contributed by atoms with Crippen molar-refractivity contribution in [3.8, 4) is 0 Å². The Hall–Kier alpha value is -2.05. The van der Waals surface area contributed by atoms with Gasteiger partial charge in [0.25, 0.3) is 0 Å². The van der Waals surface area contributed by atoms with E-state index in [-0.39, 0.29) is 5.41 Å². The molecule has 0 amide bonds. The predicted molar refractivity (Wildman–Crippen MR) is 191 cm³/mol. The Bertz CT molecular complexity index is 1360. The van der Waals surface area contributed by atoms with E-state index in [4.69, 9.17) is 11.6 Å². The first-order valence-corrected chi connectivity index (χ1v) is 17.5. The molecule has 3 aromatic rings. The number of hydrogen-bond acceptors (Lipinski definition) is 0. The molecule has 0 aliphatic heterocycles. The molecule has 3 aromatic carbocycles. The first kappa shape index (κ1) is 33.8. The fourth-order valence-corrected chi connectivity index (χ4v) is 7.76. The average molecular weight is 599 g/mol. The summed E-state index contributed by atoms with van der Waals surface area (Å²) in [5.74, 6) is 0. The Morgan fingerprint density at radius 3 is 1.35 bits per heavy atom. The Morgan fingerprint density at radius 2 is 0.907 bits per heavy atom. The van der Waals surface area contributed by atoms with Crippen LogP contribution in [0.2, 0.25) is 5.02 Å². The second kappa shape index (κ2) is 13.1. The van der Waals surface area contributed by atoms with E-state index >= 15 is 0 Å². The maximum Gasteiger partial charge on any atom is 0.0411 e. The van der Waals surface area contributed by atoms with Gasteiger partial charge >= 0.3 is 0 Å². The van der Waals surface area contributed by atoms with Crippen molar-refractivity contribution in [3.63, 3.8) is 0 Å². The van der Waals surface area contributed by atoms with E-state index in [1.165, 1.54) is 80.0 Å². The van der Waals surface area contributed by atoms with Crippen molar-refractivity contribution in [2.45, 2.75) is 157 Å². The molecule has 0 N–H and O–H groups in total. The minimum Gasteiger partial charge on any atom is -0.0843 e. The van der Waals surface area contributed by atoms with E-state index in [2.05, 4.69) is 113 Å². The highest BCUT2D eigenvalue weighted by Gasteiger charge is 2.25. The molecule has 0 spiro atoms. The summed E-state index contributed by atoms with van der Waals surface area (Å²) >= 11 is 6.13. The molecule has 1 heteroatoms. The summed E-state index contributed by atoms with van der Waals surface area (Å²) in [4.78, 5) is 0. The average Bonchev–Trinajstić information content (AvgIpc) is 3.66. The second-order valence-electron chi connectivity index (χ2n) is 16.5. The molecule has 0 fully saturated rings. The van der Waals surface area contributed by atoms with E-state index < -0.39 is 0 Å². The zero-order valence-corrected chi connectivity index (χ0v) is 30.2. The van der Waals surface area contributed by atoms with Crippen LogP contribution in [0.4, 0.5) is 0 Å². The summed E-state index contributed by atoms with van der Waals surface area (Å²) in [6.07, 6.45) is 12.8. The van der Waals surface area contributed by atoms with Crippen LogP contribution in [-0.2, 0) is 61.2 Å². The summed E-state index contributed by atoms with van der Waals surface area (Å²) in [5, 5.41) is 0.899. The van der Waals surface area contributed by atoms with Crippen molar-refractivity contribution in [3.05, 3.63) is 103 Å². The lowest BCUT2D eigenvalue weighted by atomic mass is 9.81. The van der Waals surface area contributed by atoms with Gasteiger partial charge in [-0.1, -0.05) is 111 Å². The van der Waals surface area contributed by atoms with Gasteiger partial charge in [-0.3, -0.25) is 0 Å². The van der Waals surface area contributed by atoms with Gasteiger partial charge in [-0.05, 0) is 155 Å². The topological polar surface area (TPSA) is 0 Å². The number of aryl methyl sites for hydroxylation is 5. The van der Waals surface area contributed by atoms with Crippen molar-refractivity contribution < 1.29 is 0 Å². The van der Waals surface area contributed by atoms with E-state index in [9.17, 15) is 0 Å². The van der Waals surface area contributed by atoms with Crippen LogP contribution in [-0.4, -0.2) is 0 Å². The maximum atomic E-state index is 6.13. The van der Waals surface area contributed by atoms with Gasteiger partial charge < -0.3 is 0 Å². The molecule has 0 heterocycles. The predicted octanol–water partition coefficient (Wildman–Crippen LogP) is 11.9. The summed E-state index contributed by atoms with van der Waals surface area (Å²) in [7, 11) is 0. The van der Waals surface area contributed by atoms with Crippen molar-refractivity contribution >= 4 is 11.6 Å². The highest BCUT2D eigenvalue weighted by molar-refractivity contribution is 6.30. The molecule has 234 valence electrons. The van der Waals surface area contributed by atoms with E-state index in [0.29, 0.717) is 10.8 Å². The van der Waals surface area contributed by atoms with Gasteiger partial charge in [0.2, 0.25) is 0 Å². The molecule has 3 aliphatic carbocycles. The van der Waals surface area contributed by atoms with Gasteiger partial charge in [-0.2, -0.15) is 0 Å². The third-order valence-electron chi connectivity index (χ3n) is 9.65. The van der Waals surface area contributed by atoms with Crippen LogP contribution in [0.1, 0.15) is 150 Å². The first-order chi connectivity index (χ1) is 20.0. The molecule has 0 nitrogen and oxygen atoms in total. The van der Waals surface area contributed by atoms with Crippen molar-refractivity contribution in [2.24, 2.45) is 0 Å². The monoisotopic (exact) mass is 598 g/mol. The molecule has 6 rings (SSSR count). The zero-order chi connectivity index (χ0) is 31.7. The molecule has 43 heavy (non-hydrogen) atoms. The van der Waals surface area contributed by atoms with Crippen LogP contribution < -0.4 is 0 Å². The fraction of sp³-hybridized carbons (Fsp3) is 0.571. The van der Waals surface area contributed by atoms with Crippen LogP contribution in [0, 0.1) is 6.92 Å². The minimum absolute atomic E-state index is 0.222. The Kier molecular flexibility index (Phi) is 10.3. The van der Waals surface area contributed by atoms with Gasteiger partial charge in [-0.15, -0.1) is 0 Å². The molecule has 0 bridgehead atoms. The SMILES string of the molecule is CC(C)(C)c1cc(Cl)cc2c1CCC2.CCc1cc2c(c(C(C)(C)C)c1)CCC2.Cc1cc2c(c(C(C)(C)C)c1)CCC2. The first-order valence-electron chi connectivity index (χ1n) is 17.1. The van der Waals surface area contributed by atoms with Crippen LogP contribution in [0.5, 0.6) is 0 Å². The van der Waals surface area contributed by atoms with Crippen LogP contribution in [0.3, 0.4) is 0 Å². The molecule has 3 aliphatic rings. The van der Waals surface area contributed by atoms with Gasteiger partial charge in [0.05, 0.1) is 0 Å². The number of halogens is 1. The molecule has 0 atom stereocenters. The Labute approximate surface area is 270 Å². The smallest absolute Gasteiger partial charge is 0.0411 e. The molecule has 0 radical (unpaired) electrons. The summed E-state index contributed by atoms with van der Waals surface area (Å²) < 4.78 is 0. The van der Waals surface area contributed by atoms with Crippen LogP contribution >= 0.6 is 11.6 Å². The number of hydrogen-bond donors (Lipinski definition) is 0. The normalized spacial score (nSPS) is 15.6. The second-order valence-corrected chi connectivity index (χ2v) is 16.9. The Morgan fingerprint density at radius 1 is 0.512 bits per heavy atom. The van der Waals surface area contributed by atoms with Crippen LogP contribution in [0.15, 0.2) is 36.4 Å². The number of rotatable bonds is 1. The highest BCUT2D eigenvalue weighted by atomic mass is 35.5. The van der Waals surface area contributed by atoms with Crippen LogP contribution in [0.25, 0.3) is 0 Å². The lowest BCUT2D eigenvalue weighted by molar-refractivity contribution is 0.582. The van der Waals surface area contributed by atoms with Crippen molar-refractivity contribution in [1.82, 2.24) is 0 Å². The van der Waals surface area contributed by atoms with Gasteiger partial charge in [0.15, 0.2) is 0 Å². The lowest BCUT2D eigenvalue weighted by Gasteiger charge is -2.24. The third kappa shape index (κ3) is 8.16. The van der Waals surface area contributed by atoms with Gasteiger partial charge in [0, 0.05) is 5.02 Å². The van der Waals surface area contributed by atoms with Gasteiger partial charge in [0.1, 0.15) is 0 Å². The zero-order valence-electron chi connectivity index (χ0n) is 29.4. The fourth-order valence-electron chi connectivity index (χ4n) is 7.52. The molecule has 0 saturated carbocycles. The number of benzene rings is 3. The Balaban J connectivity index is 0.000000148. The van der Waals surface area contributed by atoms with Crippen molar-refractivity contribution in [1.29, 1.82) is 0 Å². The number of fused-ring (bicyclic) bond motifs is 3. The molecular weight excluding hydrogens is 540 g/mol. The van der Waals surface area contributed by atoms with E-state index in [1.54, 1.807) is 38.9 Å². The third-order valence-corrected chi connectivity index (χ3v) is 9.87. The quantitative estimate of drug-likeness (QED) is 0.261. The summed E-state index contributed by atoms with van der Waals surface area (Å²) in [6, 6.07) is 13.9. The van der Waals surface area contributed by atoms with E-state index in [0.717, 1.165) is 11.4 Å². The summed E-state index contributed by atoms with van der Waals surface area (Å²) in [6.45, 7) is 25.2. The molecule has 0 aromatic heterocycles. The molecule has 0 saturated heterocycles. The lowest BCUT2D eigenvalue weighted by Crippen LogP contribution is -2.14. The van der Waals surface area contributed by atoms with Crippen molar-refractivity contribution in [2.75, 3.05) is 0 Å². The highest BCUT2D eigenvalue weighted by Crippen LogP contribution is 2.37. The largest absolute Gasteiger partial charge is 0.0843 e. The van der Waals surface area contributed by atoms with E-state index in [1.807, 2.05) is 0 Å². The minimum atomic E-state index is 0.222.